The van der Waals surface area contributed by atoms with Crippen molar-refractivity contribution in [1.29, 1.82) is 0 Å². The molecular weight excluding hydrogens is 375 g/mol. The highest BCUT2D eigenvalue weighted by atomic mass is 19.4. The topological polar surface area (TPSA) is 59.0 Å². The largest absolute Gasteiger partial charge is 0.490 e. The number of rotatable bonds is 5. The van der Waals surface area contributed by atoms with Gasteiger partial charge in [-0.2, -0.15) is 13.2 Å². The highest BCUT2D eigenvalue weighted by Crippen LogP contribution is 2.38. The average Bonchev–Trinajstić information content (AvgIpc) is 3.24. The summed E-state index contributed by atoms with van der Waals surface area (Å²) in [7, 11) is 0. The molecule has 156 valence electrons. The molecule has 1 saturated carbocycles. The van der Waals surface area contributed by atoms with Gasteiger partial charge >= 0.3 is 12.1 Å². The number of ether oxygens (including phenoxy) is 2. The number of aliphatic carboxylic acids is 1. The van der Waals surface area contributed by atoms with Gasteiger partial charge in [0.05, 0.1) is 24.9 Å². The number of hydrogen-bond acceptors (Lipinski definition) is 4. The Morgan fingerprint density at radius 1 is 1.29 bits per heavy atom. The van der Waals surface area contributed by atoms with Gasteiger partial charge in [0.1, 0.15) is 0 Å². The number of carbonyl (C=O) groups is 1. The SMILES string of the molecule is O=C(O)C(F)(F)F.c1ccc(COC2COC3(CCN(CC4CC4)C3)C2)cc1. The molecule has 2 atom stereocenters. The molecule has 8 heteroatoms. The molecule has 28 heavy (non-hydrogen) atoms. The molecule has 1 spiro atoms. The van der Waals surface area contributed by atoms with Crippen LogP contribution < -0.4 is 0 Å². The maximum absolute atomic E-state index is 10.6. The fourth-order valence-corrected chi connectivity index (χ4v) is 3.73. The zero-order chi connectivity index (χ0) is 20.2. The lowest BCUT2D eigenvalue weighted by atomic mass is 9.98. The third-order valence-electron chi connectivity index (χ3n) is 5.35. The van der Waals surface area contributed by atoms with E-state index in [0.29, 0.717) is 6.61 Å². The Bertz CT molecular complexity index is 651. The molecule has 0 radical (unpaired) electrons. The Hall–Kier alpha value is -1.64. The van der Waals surface area contributed by atoms with Crippen molar-refractivity contribution in [3.63, 3.8) is 0 Å². The standard InChI is InChI=1S/C18H25NO2.C2HF3O2/c1-2-4-16(5-3-1)12-20-17-10-18(21-13-17)8-9-19(14-18)11-15-6-7-15;3-2(4,5)1(6)7/h1-5,15,17H,6-14H2;(H,6,7). The average molecular weight is 401 g/mol. The monoisotopic (exact) mass is 401 g/mol. The minimum atomic E-state index is -5.08. The van der Waals surface area contributed by atoms with Crippen LogP contribution in [0.25, 0.3) is 0 Å². The molecule has 0 bridgehead atoms. The highest BCUT2D eigenvalue weighted by Gasteiger charge is 2.46. The first-order valence-electron chi connectivity index (χ1n) is 9.58. The number of likely N-dealkylation sites (tertiary alicyclic amines) is 1. The van der Waals surface area contributed by atoms with E-state index in [2.05, 4.69) is 29.2 Å². The van der Waals surface area contributed by atoms with Gasteiger partial charge in [-0.1, -0.05) is 30.3 Å². The van der Waals surface area contributed by atoms with E-state index in [4.69, 9.17) is 19.4 Å². The number of hydrogen-bond donors (Lipinski definition) is 1. The summed E-state index contributed by atoms with van der Waals surface area (Å²) in [5, 5.41) is 7.12. The van der Waals surface area contributed by atoms with E-state index >= 15 is 0 Å². The zero-order valence-electron chi connectivity index (χ0n) is 15.7. The Kier molecular flexibility index (Phi) is 6.62. The molecule has 4 rings (SSSR count). The first-order valence-corrected chi connectivity index (χ1v) is 9.58. The van der Waals surface area contributed by atoms with Crippen LogP contribution in [0.2, 0.25) is 0 Å². The lowest BCUT2D eigenvalue weighted by Gasteiger charge is -2.23. The van der Waals surface area contributed by atoms with Gasteiger partial charge in [0.15, 0.2) is 0 Å². The maximum atomic E-state index is 10.6. The Morgan fingerprint density at radius 3 is 2.57 bits per heavy atom. The van der Waals surface area contributed by atoms with Crippen LogP contribution in [0.1, 0.15) is 31.2 Å². The summed E-state index contributed by atoms with van der Waals surface area (Å²) in [4.78, 5) is 11.5. The second-order valence-corrected chi connectivity index (χ2v) is 7.85. The number of alkyl halides is 3. The molecule has 2 aliphatic heterocycles. The van der Waals surface area contributed by atoms with Crippen LogP contribution >= 0.6 is 0 Å². The fourth-order valence-electron chi connectivity index (χ4n) is 3.73. The van der Waals surface area contributed by atoms with Crippen molar-refractivity contribution in [3.8, 4) is 0 Å². The van der Waals surface area contributed by atoms with Gasteiger partial charge in [0, 0.05) is 26.1 Å². The smallest absolute Gasteiger partial charge is 0.475 e. The Labute approximate surface area is 162 Å². The van der Waals surface area contributed by atoms with Crippen LogP contribution in [0, 0.1) is 5.92 Å². The van der Waals surface area contributed by atoms with Crippen molar-refractivity contribution in [1.82, 2.24) is 4.90 Å². The Balaban J connectivity index is 0.000000279. The zero-order valence-corrected chi connectivity index (χ0v) is 15.7. The first kappa shape index (κ1) is 21.1. The minimum absolute atomic E-state index is 0.0935. The van der Waals surface area contributed by atoms with E-state index in [-0.39, 0.29) is 11.7 Å². The van der Waals surface area contributed by atoms with Gasteiger partial charge in [-0.15, -0.1) is 0 Å². The molecule has 2 heterocycles. The maximum Gasteiger partial charge on any atom is 0.490 e. The molecule has 3 fully saturated rings. The summed E-state index contributed by atoms with van der Waals surface area (Å²) in [6.45, 7) is 5.10. The fraction of sp³-hybridized carbons (Fsp3) is 0.650. The van der Waals surface area contributed by atoms with Crippen LogP contribution in [0.5, 0.6) is 0 Å². The van der Waals surface area contributed by atoms with Crippen LogP contribution in [0.3, 0.4) is 0 Å². The third-order valence-corrected chi connectivity index (χ3v) is 5.35. The van der Waals surface area contributed by atoms with Gasteiger partial charge in [-0.3, -0.25) is 0 Å². The van der Waals surface area contributed by atoms with Crippen LogP contribution in [0.4, 0.5) is 13.2 Å². The molecule has 5 nitrogen and oxygen atoms in total. The van der Waals surface area contributed by atoms with Crippen LogP contribution in [-0.4, -0.2) is 60.1 Å². The van der Waals surface area contributed by atoms with E-state index in [1.54, 1.807) is 0 Å². The Morgan fingerprint density at radius 2 is 1.96 bits per heavy atom. The van der Waals surface area contributed by atoms with Gasteiger partial charge in [-0.25, -0.2) is 4.79 Å². The van der Waals surface area contributed by atoms with Gasteiger partial charge < -0.3 is 19.5 Å². The first-order chi connectivity index (χ1) is 13.3. The number of benzene rings is 1. The van der Waals surface area contributed by atoms with Crippen molar-refractivity contribution >= 4 is 5.97 Å². The molecule has 2 saturated heterocycles. The van der Waals surface area contributed by atoms with E-state index in [1.165, 1.54) is 37.9 Å². The summed E-state index contributed by atoms with van der Waals surface area (Å²) >= 11 is 0. The molecule has 2 unspecified atom stereocenters. The minimum Gasteiger partial charge on any atom is -0.475 e. The lowest BCUT2D eigenvalue weighted by molar-refractivity contribution is -0.192. The van der Waals surface area contributed by atoms with E-state index in [9.17, 15) is 13.2 Å². The van der Waals surface area contributed by atoms with Crippen LogP contribution in [-0.2, 0) is 20.9 Å². The highest BCUT2D eigenvalue weighted by molar-refractivity contribution is 5.73. The lowest BCUT2D eigenvalue weighted by Crippen LogP contribution is -2.33. The second kappa shape index (κ2) is 8.80. The van der Waals surface area contributed by atoms with Crippen molar-refractivity contribution in [2.45, 2.75) is 50.2 Å². The molecular formula is C20H26F3NO4. The predicted octanol–water partition coefficient (Wildman–Crippen LogP) is 3.48. The number of carboxylic acid groups (broad SMARTS) is 1. The summed E-state index contributed by atoms with van der Waals surface area (Å²) < 4.78 is 44.0. The molecule has 0 amide bonds. The molecule has 1 aromatic carbocycles. The quantitative estimate of drug-likeness (QED) is 0.819. The molecule has 1 N–H and O–H groups in total. The molecule has 1 aliphatic carbocycles. The van der Waals surface area contributed by atoms with Gasteiger partial charge in [0.2, 0.25) is 0 Å². The predicted molar refractivity (Wildman–Crippen MR) is 95.8 cm³/mol. The van der Waals surface area contributed by atoms with E-state index < -0.39 is 12.1 Å². The molecule has 0 aromatic heterocycles. The summed E-state index contributed by atoms with van der Waals surface area (Å²) in [5.74, 6) is -1.78. The number of nitrogens with zero attached hydrogens (tertiary/aromatic N) is 1. The van der Waals surface area contributed by atoms with Crippen LogP contribution in [0.15, 0.2) is 30.3 Å². The number of halogens is 3. The van der Waals surface area contributed by atoms with E-state index in [0.717, 1.165) is 25.5 Å². The third kappa shape index (κ3) is 6.18. The van der Waals surface area contributed by atoms with Crippen molar-refractivity contribution in [3.05, 3.63) is 35.9 Å². The molecule has 1 aromatic rings. The van der Waals surface area contributed by atoms with E-state index in [1.807, 2.05) is 6.07 Å². The number of carboxylic acids is 1. The van der Waals surface area contributed by atoms with Crippen molar-refractivity contribution in [2.75, 3.05) is 26.2 Å². The summed E-state index contributed by atoms with van der Waals surface area (Å²) in [6.07, 6.45) is 0.317. The summed E-state index contributed by atoms with van der Waals surface area (Å²) in [5.41, 5.74) is 1.34. The normalized spacial score (nSPS) is 27.6. The summed E-state index contributed by atoms with van der Waals surface area (Å²) in [6, 6.07) is 10.4. The van der Waals surface area contributed by atoms with Gasteiger partial charge in [0.25, 0.3) is 0 Å². The van der Waals surface area contributed by atoms with Crippen molar-refractivity contribution < 1.29 is 32.5 Å². The second-order valence-electron chi connectivity index (χ2n) is 7.85. The molecule has 3 aliphatic rings. The van der Waals surface area contributed by atoms with Crippen molar-refractivity contribution in [2.24, 2.45) is 5.92 Å². The van der Waals surface area contributed by atoms with Gasteiger partial charge in [-0.05, 0) is 30.7 Å².